The number of esters is 2. The highest BCUT2D eigenvalue weighted by atomic mass is 16.5. The van der Waals surface area contributed by atoms with Crippen molar-refractivity contribution >= 4 is 11.9 Å². The smallest absolute Gasteiger partial charge is 0.308 e. The van der Waals surface area contributed by atoms with Crippen molar-refractivity contribution in [1.82, 2.24) is 0 Å². The monoisotopic (exact) mass is 200 g/mol. The maximum atomic E-state index is 11.2. The van der Waals surface area contributed by atoms with Crippen LogP contribution in [-0.2, 0) is 19.1 Å². The van der Waals surface area contributed by atoms with E-state index >= 15 is 0 Å². The lowest BCUT2D eigenvalue weighted by Crippen LogP contribution is -2.28. The Labute approximate surface area is 83.6 Å². The van der Waals surface area contributed by atoms with Gasteiger partial charge in [-0.15, -0.1) is 0 Å². The molecule has 1 saturated carbocycles. The molecule has 0 aromatic rings. The van der Waals surface area contributed by atoms with Crippen LogP contribution in [0.2, 0.25) is 0 Å². The van der Waals surface area contributed by atoms with Crippen molar-refractivity contribution in [1.29, 1.82) is 0 Å². The Morgan fingerprint density at radius 1 is 1.00 bits per heavy atom. The first-order chi connectivity index (χ1) is 6.69. The Hall–Kier alpha value is -1.06. The molecule has 80 valence electrons. The van der Waals surface area contributed by atoms with E-state index in [9.17, 15) is 9.59 Å². The molecule has 0 heterocycles. The number of hydrogen-bond donors (Lipinski definition) is 0. The summed E-state index contributed by atoms with van der Waals surface area (Å²) in [6.07, 6.45) is 3.10. The fourth-order valence-corrected chi connectivity index (χ4v) is 1.95. The minimum Gasteiger partial charge on any atom is -0.469 e. The van der Waals surface area contributed by atoms with Crippen LogP contribution < -0.4 is 0 Å². The van der Waals surface area contributed by atoms with Gasteiger partial charge in [-0.25, -0.2) is 0 Å². The molecule has 0 radical (unpaired) electrons. The van der Waals surface area contributed by atoms with Crippen molar-refractivity contribution < 1.29 is 19.1 Å². The molecule has 1 fully saturated rings. The third-order valence-electron chi connectivity index (χ3n) is 2.74. The number of methoxy groups -OCH3 is 2. The van der Waals surface area contributed by atoms with Gasteiger partial charge in [-0.05, 0) is 19.3 Å². The first kappa shape index (κ1) is 11.0. The molecular formula is C10H16O4. The third kappa shape index (κ3) is 2.47. The predicted octanol–water partition coefficient (Wildman–Crippen LogP) is 1.14. The average molecular weight is 200 g/mol. The van der Waals surface area contributed by atoms with Gasteiger partial charge in [-0.2, -0.15) is 0 Å². The Kier molecular flexibility index (Phi) is 3.92. The first-order valence-corrected chi connectivity index (χ1v) is 4.84. The van der Waals surface area contributed by atoms with Crippen LogP contribution in [0.25, 0.3) is 0 Å². The van der Waals surface area contributed by atoms with Crippen LogP contribution in [0.3, 0.4) is 0 Å². The summed E-state index contributed by atoms with van der Waals surface area (Å²) >= 11 is 0. The van der Waals surface area contributed by atoms with Gasteiger partial charge in [0.15, 0.2) is 0 Å². The summed E-state index contributed by atoms with van der Waals surface area (Å²) < 4.78 is 9.32. The van der Waals surface area contributed by atoms with E-state index < -0.39 is 0 Å². The molecule has 0 unspecified atom stereocenters. The topological polar surface area (TPSA) is 52.6 Å². The van der Waals surface area contributed by atoms with Crippen molar-refractivity contribution in [3.8, 4) is 0 Å². The second kappa shape index (κ2) is 4.98. The average Bonchev–Trinajstić information content (AvgIpc) is 2.27. The normalized spacial score (nSPS) is 26.7. The van der Waals surface area contributed by atoms with Gasteiger partial charge in [0.1, 0.15) is 0 Å². The lowest BCUT2D eigenvalue weighted by Gasteiger charge is -2.25. The summed E-state index contributed by atoms with van der Waals surface area (Å²) in [4.78, 5) is 22.5. The Balaban J connectivity index is 2.51. The van der Waals surface area contributed by atoms with Gasteiger partial charge in [-0.3, -0.25) is 9.59 Å². The van der Waals surface area contributed by atoms with Crippen LogP contribution in [0.5, 0.6) is 0 Å². The van der Waals surface area contributed by atoms with Crippen molar-refractivity contribution in [3.05, 3.63) is 0 Å². The van der Waals surface area contributed by atoms with E-state index in [4.69, 9.17) is 0 Å². The molecule has 0 spiro atoms. The zero-order valence-electron chi connectivity index (χ0n) is 8.62. The molecular weight excluding hydrogens is 184 g/mol. The number of carbonyl (C=O) groups is 2. The second-order valence-electron chi connectivity index (χ2n) is 3.61. The summed E-state index contributed by atoms with van der Waals surface area (Å²) in [6.45, 7) is 0. The molecule has 2 atom stereocenters. The van der Waals surface area contributed by atoms with Crippen LogP contribution in [0.4, 0.5) is 0 Å². The number of hydrogen-bond acceptors (Lipinski definition) is 4. The highest BCUT2D eigenvalue weighted by molar-refractivity contribution is 5.76. The summed E-state index contributed by atoms with van der Waals surface area (Å²) in [6, 6.07) is 0. The zero-order valence-corrected chi connectivity index (χ0v) is 8.62. The molecule has 0 amide bonds. The minimum absolute atomic E-state index is 0.127. The fraction of sp³-hybridized carbons (Fsp3) is 0.800. The van der Waals surface area contributed by atoms with E-state index in [2.05, 4.69) is 9.47 Å². The third-order valence-corrected chi connectivity index (χ3v) is 2.74. The van der Waals surface area contributed by atoms with Gasteiger partial charge in [0.2, 0.25) is 0 Å². The molecule has 1 aliphatic carbocycles. The summed E-state index contributed by atoms with van der Waals surface area (Å²) in [5.74, 6) is -0.673. The van der Waals surface area contributed by atoms with Gasteiger partial charge >= 0.3 is 11.9 Å². The number of ether oxygens (including phenoxy) is 2. The van der Waals surface area contributed by atoms with E-state index in [0.717, 1.165) is 19.3 Å². The second-order valence-corrected chi connectivity index (χ2v) is 3.61. The van der Waals surface area contributed by atoms with E-state index in [-0.39, 0.29) is 23.8 Å². The Morgan fingerprint density at radius 3 is 1.79 bits per heavy atom. The molecule has 0 aromatic heterocycles. The maximum Gasteiger partial charge on any atom is 0.308 e. The van der Waals surface area contributed by atoms with Crippen LogP contribution in [0.15, 0.2) is 0 Å². The van der Waals surface area contributed by atoms with Gasteiger partial charge in [0.25, 0.3) is 0 Å². The van der Waals surface area contributed by atoms with E-state index in [0.29, 0.717) is 6.42 Å². The van der Waals surface area contributed by atoms with Crippen molar-refractivity contribution in [2.24, 2.45) is 11.8 Å². The number of rotatable bonds is 2. The maximum absolute atomic E-state index is 11.2. The van der Waals surface area contributed by atoms with Crippen molar-refractivity contribution in [2.75, 3.05) is 14.2 Å². The Bertz CT molecular complexity index is 202. The predicted molar refractivity (Wildman–Crippen MR) is 49.5 cm³/mol. The van der Waals surface area contributed by atoms with Crippen LogP contribution in [0, 0.1) is 11.8 Å². The summed E-state index contributed by atoms with van der Waals surface area (Å²) in [5.41, 5.74) is 0. The molecule has 0 bridgehead atoms. The summed E-state index contributed by atoms with van der Waals surface area (Å²) in [5, 5.41) is 0. The molecule has 4 nitrogen and oxygen atoms in total. The molecule has 14 heavy (non-hydrogen) atoms. The largest absolute Gasteiger partial charge is 0.469 e. The SMILES string of the molecule is COC(=O)[C@@H]1CCC[C@@H](C(=O)OC)C1. The van der Waals surface area contributed by atoms with Crippen LogP contribution in [0.1, 0.15) is 25.7 Å². The minimum atomic E-state index is -0.210. The van der Waals surface area contributed by atoms with E-state index in [1.807, 2.05) is 0 Å². The zero-order chi connectivity index (χ0) is 10.6. The molecule has 0 saturated heterocycles. The Morgan fingerprint density at radius 2 is 1.43 bits per heavy atom. The lowest BCUT2D eigenvalue weighted by atomic mass is 9.81. The van der Waals surface area contributed by atoms with Crippen LogP contribution in [-0.4, -0.2) is 26.2 Å². The molecule has 1 rings (SSSR count). The molecule has 0 aromatic carbocycles. The van der Waals surface area contributed by atoms with Crippen molar-refractivity contribution in [3.63, 3.8) is 0 Å². The van der Waals surface area contributed by atoms with Crippen LogP contribution >= 0.6 is 0 Å². The fourth-order valence-electron chi connectivity index (χ4n) is 1.95. The van der Waals surface area contributed by atoms with Gasteiger partial charge < -0.3 is 9.47 Å². The lowest BCUT2D eigenvalue weighted by molar-refractivity contribution is -0.151. The van der Waals surface area contributed by atoms with E-state index in [1.165, 1.54) is 14.2 Å². The summed E-state index contributed by atoms with van der Waals surface area (Å²) in [7, 11) is 2.76. The molecule has 1 aliphatic rings. The first-order valence-electron chi connectivity index (χ1n) is 4.84. The molecule has 4 heteroatoms. The molecule has 0 aliphatic heterocycles. The van der Waals surface area contributed by atoms with Gasteiger partial charge in [0.05, 0.1) is 26.1 Å². The highest BCUT2D eigenvalue weighted by Crippen LogP contribution is 2.30. The van der Waals surface area contributed by atoms with Gasteiger partial charge in [0, 0.05) is 0 Å². The standard InChI is InChI=1S/C10H16O4/c1-13-9(11)7-4-3-5-8(6-7)10(12)14-2/h7-8H,3-6H2,1-2H3/t7-,8-/m1/s1. The highest BCUT2D eigenvalue weighted by Gasteiger charge is 2.32. The van der Waals surface area contributed by atoms with E-state index in [1.54, 1.807) is 0 Å². The van der Waals surface area contributed by atoms with Gasteiger partial charge in [-0.1, -0.05) is 6.42 Å². The molecule has 0 N–H and O–H groups in total. The quantitative estimate of drug-likeness (QED) is 0.627. The number of carbonyl (C=O) groups excluding carboxylic acids is 2. The van der Waals surface area contributed by atoms with Crippen molar-refractivity contribution in [2.45, 2.75) is 25.7 Å².